The van der Waals surface area contributed by atoms with Gasteiger partial charge in [-0.2, -0.15) is 0 Å². The zero-order valence-electron chi connectivity index (χ0n) is 20.2. The van der Waals surface area contributed by atoms with Crippen LogP contribution in [0.1, 0.15) is 50.7 Å². The molecule has 4 rings (SSSR count). The second-order valence-corrected chi connectivity index (χ2v) is 9.26. The molecule has 1 spiro atoms. The lowest BCUT2D eigenvalue weighted by Crippen LogP contribution is -2.72. The quantitative estimate of drug-likeness (QED) is 0.356. The Bertz CT molecular complexity index is 1200. The summed E-state index contributed by atoms with van der Waals surface area (Å²) in [5.41, 5.74) is 0.809. The van der Waals surface area contributed by atoms with Crippen LogP contribution in [0.3, 0.4) is 0 Å². The minimum atomic E-state index is -1.60. The largest absolute Gasteiger partial charge is 0.367 e. The van der Waals surface area contributed by atoms with Crippen LogP contribution in [0.4, 0.5) is 21.9 Å². The smallest absolute Gasteiger partial charge is 0.335 e. The molecule has 2 aliphatic heterocycles. The summed E-state index contributed by atoms with van der Waals surface area (Å²) in [5, 5.41) is 14.0. The number of rotatable bonds is 7. The second-order valence-electron chi connectivity index (χ2n) is 9.26. The Morgan fingerprint density at radius 3 is 2.49 bits per heavy atom. The molecule has 9 nitrogen and oxygen atoms in total. The molecule has 0 saturated carbocycles. The fourth-order valence-electron chi connectivity index (χ4n) is 5.38. The highest BCUT2D eigenvalue weighted by molar-refractivity contribution is 6.31. The van der Waals surface area contributed by atoms with Crippen LogP contribution in [0, 0.1) is 22.5 Å². The van der Waals surface area contributed by atoms with Crippen LogP contribution < -0.4 is 15.1 Å². The minimum absolute atomic E-state index is 0.0162. The van der Waals surface area contributed by atoms with Crippen LogP contribution in [0.25, 0.3) is 0 Å². The lowest BCUT2D eigenvalue weighted by molar-refractivity contribution is -0.384. The average Bonchev–Trinajstić information content (AvgIpc) is 2.83. The number of amides is 4. The number of hydrogen-bond donors (Lipinski definition) is 1. The fraction of sp³-hybridized carbons (Fsp3) is 0.423. The number of anilines is 2. The van der Waals surface area contributed by atoms with E-state index in [9.17, 15) is 24.5 Å². The summed E-state index contributed by atoms with van der Waals surface area (Å²) in [4.78, 5) is 55.1. The van der Waals surface area contributed by atoms with Crippen LogP contribution in [-0.2, 0) is 16.0 Å². The lowest BCUT2D eigenvalue weighted by Gasteiger charge is -2.52. The van der Waals surface area contributed by atoms with Crippen LogP contribution in [-0.4, -0.2) is 35.4 Å². The van der Waals surface area contributed by atoms with Gasteiger partial charge in [0, 0.05) is 30.8 Å². The molecule has 2 atom stereocenters. The number of non-ortho nitro benzene ring substituents is 1. The number of fused-ring (bicyclic) bond motifs is 1. The Balaban J connectivity index is 1.93. The van der Waals surface area contributed by atoms with E-state index in [0.717, 1.165) is 35.4 Å². The van der Waals surface area contributed by atoms with Gasteiger partial charge in [-0.05, 0) is 43.0 Å². The van der Waals surface area contributed by atoms with Crippen molar-refractivity contribution in [1.29, 1.82) is 0 Å². The number of nitrogens with zero attached hydrogens (tertiary/aromatic N) is 3. The number of imide groups is 2. The lowest BCUT2D eigenvalue weighted by atomic mass is 9.67. The molecule has 2 aliphatic rings. The number of unbranched alkanes of at least 4 members (excludes halogenated alkanes) is 1. The number of nitro groups is 1. The van der Waals surface area contributed by atoms with Crippen molar-refractivity contribution < 1.29 is 19.3 Å². The van der Waals surface area contributed by atoms with Crippen molar-refractivity contribution in [2.24, 2.45) is 5.41 Å². The van der Waals surface area contributed by atoms with Gasteiger partial charge in [0.25, 0.3) is 11.6 Å². The van der Waals surface area contributed by atoms with E-state index in [1.54, 1.807) is 31.2 Å². The van der Waals surface area contributed by atoms with Crippen molar-refractivity contribution in [3.8, 4) is 0 Å². The Labute approximate surface area is 204 Å². The molecule has 1 fully saturated rings. The SMILES string of the molecule is CCCCN1c2ccc([N+](=O)[O-])cc2C[C@@]2(C(=O)NC(=O)N(c3ccccc3C)C2=O)[C@@H]1CCC. The monoisotopic (exact) mass is 478 g/mol. The van der Waals surface area contributed by atoms with Crippen molar-refractivity contribution in [3.05, 3.63) is 63.7 Å². The minimum Gasteiger partial charge on any atom is -0.367 e. The standard InChI is InChI=1S/C26H30N4O5/c1-4-6-14-28-21-13-12-19(30(34)35)15-18(21)16-26(22(28)9-5-2)23(31)27-25(33)29(24(26)32)20-11-8-7-10-17(20)3/h7-8,10-13,15,22H,4-6,9,14,16H2,1-3H3,(H,27,31,33)/t22-,26-/m0/s1. The zero-order valence-corrected chi connectivity index (χ0v) is 20.2. The van der Waals surface area contributed by atoms with E-state index >= 15 is 0 Å². The van der Waals surface area contributed by atoms with E-state index in [2.05, 4.69) is 17.1 Å². The third-order valence-corrected chi connectivity index (χ3v) is 7.08. The number of hydrogen-bond acceptors (Lipinski definition) is 6. The van der Waals surface area contributed by atoms with E-state index in [-0.39, 0.29) is 12.1 Å². The highest BCUT2D eigenvalue weighted by Gasteiger charge is 2.62. The predicted molar refractivity (Wildman–Crippen MR) is 132 cm³/mol. The highest BCUT2D eigenvalue weighted by atomic mass is 16.6. The number of nitro benzene ring substituents is 1. The molecule has 2 aromatic rings. The number of urea groups is 1. The summed E-state index contributed by atoms with van der Waals surface area (Å²) in [7, 11) is 0. The maximum Gasteiger partial charge on any atom is 0.335 e. The predicted octanol–water partition coefficient (Wildman–Crippen LogP) is 4.50. The third-order valence-electron chi connectivity index (χ3n) is 7.08. The molecule has 2 aromatic carbocycles. The molecule has 1 saturated heterocycles. The molecule has 0 radical (unpaired) electrons. The van der Waals surface area contributed by atoms with Gasteiger partial charge >= 0.3 is 6.03 Å². The average molecular weight is 479 g/mol. The van der Waals surface area contributed by atoms with Crippen molar-refractivity contribution in [1.82, 2.24) is 5.32 Å². The van der Waals surface area contributed by atoms with E-state index in [0.29, 0.717) is 24.2 Å². The van der Waals surface area contributed by atoms with Gasteiger partial charge in [0.05, 0.1) is 16.7 Å². The van der Waals surface area contributed by atoms with Crippen LogP contribution in [0.2, 0.25) is 0 Å². The first-order chi connectivity index (χ1) is 16.8. The molecular formula is C26H30N4O5. The van der Waals surface area contributed by atoms with Crippen molar-refractivity contribution in [2.75, 3.05) is 16.3 Å². The van der Waals surface area contributed by atoms with E-state index in [1.807, 2.05) is 13.0 Å². The maximum absolute atomic E-state index is 14.3. The summed E-state index contributed by atoms with van der Waals surface area (Å²) in [5.74, 6) is -1.23. The van der Waals surface area contributed by atoms with Gasteiger partial charge in [0.2, 0.25) is 5.91 Å². The topological polar surface area (TPSA) is 113 Å². The second kappa shape index (κ2) is 9.48. The van der Waals surface area contributed by atoms with Crippen molar-refractivity contribution in [3.63, 3.8) is 0 Å². The number of carbonyl (C=O) groups excluding carboxylic acids is 3. The van der Waals surface area contributed by atoms with Crippen molar-refractivity contribution >= 4 is 34.9 Å². The third kappa shape index (κ3) is 3.94. The first-order valence-electron chi connectivity index (χ1n) is 12.1. The molecule has 35 heavy (non-hydrogen) atoms. The Morgan fingerprint density at radius 2 is 1.83 bits per heavy atom. The summed E-state index contributed by atoms with van der Waals surface area (Å²) >= 11 is 0. The summed E-state index contributed by atoms with van der Waals surface area (Å²) in [6, 6.07) is 10.4. The number of carbonyl (C=O) groups is 3. The van der Waals surface area contributed by atoms with Gasteiger partial charge in [-0.1, -0.05) is 44.9 Å². The number of aryl methyl sites for hydroxylation is 1. The molecule has 1 N–H and O–H groups in total. The first-order valence-corrected chi connectivity index (χ1v) is 12.1. The number of para-hydroxylation sites is 1. The maximum atomic E-state index is 14.3. The molecule has 9 heteroatoms. The van der Waals surface area contributed by atoms with Gasteiger partial charge < -0.3 is 4.90 Å². The Kier molecular flexibility index (Phi) is 6.60. The molecule has 2 heterocycles. The summed E-state index contributed by atoms with van der Waals surface area (Å²) in [6.07, 6.45) is 2.98. The van der Waals surface area contributed by atoms with Gasteiger partial charge in [0.15, 0.2) is 5.41 Å². The van der Waals surface area contributed by atoms with Gasteiger partial charge in [-0.15, -0.1) is 0 Å². The normalized spacial score (nSPS) is 21.8. The summed E-state index contributed by atoms with van der Waals surface area (Å²) in [6.45, 7) is 6.44. The molecular weight excluding hydrogens is 448 g/mol. The van der Waals surface area contributed by atoms with Crippen LogP contribution in [0.15, 0.2) is 42.5 Å². The zero-order chi connectivity index (χ0) is 25.3. The number of benzene rings is 2. The number of nitrogens with one attached hydrogen (secondary N) is 1. The molecule has 0 aliphatic carbocycles. The van der Waals surface area contributed by atoms with Crippen LogP contribution in [0.5, 0.6) is 0 Å². The van der Waals surface area contributed by atoms with Gasteiger partial charge in [-0.3, -0.25) is 25.0 Å². The van der Waals surface area contributed by atoms with Gasteiger partial charge in [0.1, 0.15) is 0 Å². The molecule has 4 amide bonds. The van der Waals surface area contributed by atoms with E-state index < -0.39 is 34.2 Å². The molecule has 0 unspecified atom stereocenters. The number of barbiturate groups is 1. The van der Waals surface area contributed by atoms with E-state index in [4.69, 9.17) is 0 Å². The summed E-state index contributed by atoms with van der Waals surface area (Å²) < 4.78 is 0. The van der Waals surface area contributed by atoms with Gasteiger partial charge in [-0.25, -0.2) is 9.69 Å². The highest BCUT2D eigenvalue weighted by Crippen LogP contribution is 2.47. The first kappa shape index (κ1) is 24.4. The Morgan fingerprint density at radius 1 is 1.09 bits per heavy atom. The van der Waals surface area contributed by atoms with Crippen LogP contribution >= 0.6 is 0 Å². The van der Waals surface area contributed by atoms with E-state index in [1.165, 1.54) is 12.1 Å². The molecule has 0 bridgehead atoms. The fourth-order valence-corrected chi connectivity index (χ4v) is 5.38. The Hall–Kier alpha value is -3.75. The molecule has 184 valence electrons. The van der Waals surface area contributed by atoms with Crippen molar-refractivity contribution in [2.45, 2.75) is 58.9 Å². The molecule has 0 aromatic heterocycles.